The van der Waals surface area contributed by atoms with Crippen LogP contribution in [0.4, 0.5) is 16.2 Å². The standard InChI is InChI=1S/C30H28BrN3O6S/c1-4-39-24-14-20(13-22(31)28(24)40-17-27(36)33-23-11-10-18(2)12-19(23)3)15-25-29(37)34(30(38)41-25)16-26(35)32-21-8-6-5-7-9-21/h5-15H,4,16-17H2,1-3H3,(H,32,35)(H,33,36)/b25-15-. The molecular formula is C30H28BrN3O6S. The predicted molar refractivity (Wildman–Crippen MR) is 163 cm³/mol. The van der Waals surface area contributed by atoms with Gasteiger partial charge in [0.25, 0.3) is 17.1 Å². The fourth-order valence-corrected chi connectivity index (χ4v) is 5.42. The summed E-state index contributed by atoms with van der Waals surface area (Å²) in [5, 5.41) is 4.97. The van der Waals surface area contributed by atoms with Gasteiger partial charge in [-0.05, 0) is 96.0 Å². The number of carbonyl (C=O) groups excluding carboxylic acids is 4. The molecular weight excluding hydrogens is 610 g/mol. The van der Waals surface area contributed by atoms with Crippen LogP contribution in [0.1, 0.15) is 23.6 Å². The van der Waals surface area contributed by atoms with Crippen LogP contribution in [0.3, 0.4) is 0 Å². The number of aryl methyl sites for hydroxylation is 2. The molecule has 1 aliphatic heterocycles. The van der Waals surface area contributed by atoms with Crippen LogP contribution in [0.25, 0.3) is 6.08 Å². The molecule has 0 aliphatic carbocycles. The van der Waals surface area contributed by atoms with E-state index in [0.717, 1.165) is 27.8 Å². The lowest BCUT2D eigenvalue weighted by molar-refractivity contribution is -0.127. The Kier molecular flexibility index (Phi) is 9.85. The Bertz CT molecular complexity index is 1530. The topological polar surface area (TPSA) is 114 Å². The summed E-state index contributed by atoms with van der Waals surface area (Å²) in [5.74, 6) is -0.704. The van der Waals surface area contributed by atoms with Crippen molar-refractivity contribution in [2.75, 3.05) is 30.4 Å². The van der Waals surface area contributed by atoms with Crippen LogP contribution in [0.5, 0.6) is 11.5 Å². The summed E-state index contributed by atoms with van der Waals surface area (Å²) in [5.41, 5.74) is 3.88. The van der Waals surface area contributed by atoms with Gasteiger partial charge in [0.1, 0.15) is 6.54 Å². The van der Waals surface area contributed by atoms with Crippen molar-refractivity contribution in [1.29, 1.82) is 0 Å². The summed E-state index contributed by atoms with van der Waals surface area (Å²) in [6, 6.07) is 17.9. The zero-order valence-corrected chi connectivity index (χ0v) is 25.1. The van der Waals surface area contributed by atoms with Gasteiger partial charge < -0.3 is 20.1 Å². The van der Waals surface area contributed by atoms with Crippen LogP contribution < -0.4 is 20.1 Å². The van der Waals surface area contributed by atoms with Crippen LogP contribution in [0, 0.1) is 13.8 Å². The maximum Gasteiger partial charge on any atom is 0.294 e. The monoisotopic (exact) mass is 637 g/mol. The number of halogens is 1. The highest BCUT2D eigenvalue weighted by Crippen LogP contribution is 2.39. The summed E-state index contributed by atoms with van der Waals surface area (Å²) in [7, 11) is 0. The number of ether oxygens (including phenoxy) is 2. The first-order valence-electron chi connectivity index (χ1n) is 12.7. The molecule has 2 N–H and O–H groups in total. The van der Waals surface area contributed by atoms with E-state index in [-0.39, 0.29) is 17.4 Å². The van der Waals surface area contributed by atoms with Crippen molar-refractivity contribution in [2.24, 2.45) is 0 Å². The highest BCUT2D eigenvalue weighted by molar-refractivity contribution is 9.10. The number of anilines is 2. The molecule has 9 nitrogen and oxygen atoms in total. The van der Waals surface area contributed by atoms with Gasteiger partial charge in [0.2, 0.25) is 5.91 Å². The summed E-state index contributed by atoms with van der Waals surface area (Å²) in [4.78, 5) is 51.6. The molecule has 212 valence electrons. The van der Waals surface area contributed by atoms with E-state index in [1.165, 1.54) is 0 Å². The summed E-state index contributed by atoms with van der Waals surface area (Å²) in [6.07, 6.45) is 1.55. The lowest BCUT2D eigenvalue weighted by atomic mass is 10.1. The van der Waals surface area contributed by atoms with E-state index in [9.17, 15) is 19.2 Å². The maximum atomic E-state index is 13.0. The molecule has 0 aromatic heterocycles. The van der Waals surface area contributed by atoms with Crippen LogP contribution in [-0.4, -0.2) is 47.6 Å². The number of hydrogen-bond acceptors (Lipinski definition) is 7. The average Bonchev–Trinajstić information content (AvgIpc) is 3.17. The molecule has 0 spiro atoms. The fraction of sp³-hybridized carbons (Fsp3) is 0.200. The molecule has 4 rings (SSSR count). The molecule has 1 heterocycles. The zero-order chi connectivity index (χ0) is 29.5. The molecule has 0 atom stereocenters. The second kappa shape index (κ2) is 13.5. The molecule has 0 radical (unpaired) electrons. The van der Waals surface area contributed by atoms with Crippen molar-refractivity contribution < 1.29 is 28.7 Å². The number of para-hydroxylation sites is 1. The maximum absolute atomic E-state index is 13.0. The van der Waals surface area contributed by atoms with Crippen LogP contribution in [0.2, 0.25) is 0 Å². The molecule has 11 heteroatoms. The Labute approximate surface area is 250 Å². The van der Waals surface area contributed by atoms with Gasteiger partial charge in [-0.15, -0.1) is 0 Å². The van der Waals surface area contributed by atoms with E-state index in [2.05, 4.69) is 26.6 Å². The lowest BCUT2D eigenvalue weighted by Gasteiger charge is -2.15. The Hall–Kier alpha value is -4.09. The van der Waals surface area contributed by atoms with E-state index in [1.807, 2.05) is 45.0 Å². The van der Waals surface area contributed by atoms with Gasteiger partial charge in [-0.1, -0.05) is 35.9 Å². The second-order valence-corrected chi connectivity index (χ2v) is 10.9. The summed E-state index contributed by atoms with van der Waals surface area (Å²) in [6.45, 7) is 5.38. The van der Waals surface area contributed by atoms with E-state index >= 15 is 0 Å². The Morgan fingerprint density at radius 1 is 0.976 bits per heavy atom. The first-order chi connectivity index (χ1) is 19.6. The number of carbonyl (C=O) groups is 4. The molecule has 3 aromatic carbocycles. The first-order valence-corrected chi connectivity index (χ1v) is 14.3. The van der Waals surface area contributed by atoms with Gasteiger partial charge in [-0.25, -0.2) is 0 Å². The molecule has 41 heavy (non-hydrogen) atoms. The van der Waals surface area contributed by atoms with E-state index in [0.29, 0.717) is 39.5 Å². The van der Waals surface area contributed by atoms with E-state index < -0.39 is 23.6 Å². The molecule has 0 saturated carbocycles. The minimum absolute atomic E-state index is 0.165. The number of nitrogens with zero attached hydrogens (tertiary/aromatic N) is 1. The fourth-order valence-electron chi connectivity index (χ4n) is 4.01. The first kappa shape index (κ1) is 29.9. The number of hydrogen-bond donors (Lipinski definition) is 2. The highest BCUT2D eigenvalue weighted by Gasteiger charge is 2.36. The molecule has 1 fully saturated rings. The summed E-state index contributed by atoms with van der Waals surface area (Å²) >= 11 is 4.22. The van der Waals surface area contributed by atoms with E-state index in [1.54, 1.807) is 42.5 Å². The molecule has 1 saturated heterocycles. The van der Waals surface area contributed by atoms with Gasteiger partial charge in [0.05, 0.1) is 16.0 Å². The number of amides is 4. The van der Waals surface area contributed by atoms with Gasteiger partial charge in [-0.3, -0.25) is 24.1 Å². The van der Waals surface area contributed by atoms with Crippen molar-refractivity contribution in [3.8, 4) is 11.5 Å². The highest BCUT2D eigenvalue weighted by atomic mass is 79.9. The number of imide groups is 1. The van der Waals surface area contributed by atoms with Gasteiger partial charge >= 0.3 is 0 Å². The smallest absolute Gasteiger partial charge is 0.294 e. The minimum atomic E-state index is -0.569. The molecule has 0 unspecified atom stereocenters. The van der Waals surface area contributed by atoms with Gasteiger partial charge in [0.15, 0.2) is 18.1 Å². The van der Waals surface area contributed by atoms with Crippen molar-refractivity contribution in [2.45, 2.75) is 20.8 Å². The molecule has 4 amide bonds. The predicted octanol–water partition coefficient (Wildman–Crippen LogP) is 6.16. The second-order valence-electron chi connectivity index (χ2n) is 9.10. The molecule has 0 bridgehead atoms. The van der Waals surface area contributed by atoms with Gasteiger partial charge in [0, 0.05) is 11.4 Å². The van der Waals surface area contributed by atoms with Crippen molar-refractivity contribution >= 4 is 68.1 Å². The minimum Gasteiger partial charge on any atom is -0.490 e. The third-order valence-electron chi connectivity index (χ3n) is 5.87. The quantitative estimate of drug-likeness (QED) is 0.256. The molecule has 1 aliphatic rings. The lowest BCUT2D eigenvalue weighted by Crippen LogP contribution is -2.36. The Morgan fingerprint density at radius 3 is 2.44 bits per heavy atom. The van der Waals surface area contributed by atoms with Crippen molar-refractivity contribution in [3.63, 3.8) is 0 Å². The normalized spacial score (nSPS) is 13.9. The molecule has 3 aromatic rings. The Morgan fingerprint density at radius 2 is 1.73 bits per heavy atom. The Balaban J connectivity index is 1.45. The third kappa shape index (κ3) is 7.77. The van der Waals surface area contributed by atoms with E-state index in [4.69, 9.17) is 9.47 Å². The van der Waals surface area contributed by atoms with Crippen LogP contribution in [0.15, 0.2) is 70.0 Å². The number of thioether (sulfide) groups is 1. The van der Waals surface area contributed by atoms with Gasteiger partial charge in [-0.2, -0.15) is 0 Å². The number of rotatable bonds is 10. The van der Waals surface area contributed by atoms with Crippen molar-refractivity contribution in [3.05, 3.63) is 86.7 Å². The third-order valence-corrected chi connectivity index (χ3v) is 7.36. The average molecular weight is 639 g/mol. The zero-order valence-electron chi connectivity index (χ0n) is 22.7. The number of benzene rings is 3. The van der Waals surface area contributed by atoms with Crippen LogP contribution >= 0.6 is 27.7 Å². The number of nitrogens with one attached hydrogen (secondary N) is 2. The summed E-state index contributed by atoms with van der Waals surface area (Å²) < 4.78 is 12.0. The van der Waals surface area contributed by atoms with Crippen molar-refractivity contribution in [1.82, 2.24) is 4.90 Å². The van der Waals surface area contributed by atoms with Crippen LogP contribution in [-0.2, 0) is 14.4 Å². The SMILES string of the molecule is CCOc1cc(/C=C2\SC(=O)N(CC(=O)Nc3ccccc3)C2=O)cc(Br)c1OCC(=O)Nc1ccc(C)cc1C. The largest absolute Gasteiger partial charge is 0.490 e.